The summed E-state index contributed by atoms with van der Waals surface area (Å²) in [7, 11) is 0. The van der Waals surface area contributed by atoms with E-state index in [9.17, 15) is 0 Å². The lowest BCUT2D eigenvalue weighted by molar-refractivity contribution is 0.0843. The molecule has 0 saturated carbocycles. The van der Waals surface area contributed by atoms with Crippen LogP contribution in [-0.2, 0) is 4.74 Å². The lowest BCUT2D eigenvalue weighted by Crippen LogP contribution is -2.41. The summed E-state index contributed by atoms with van der Waals surface area (Å²) in [5.74, 6) is 1.15. The Balaban J connectivity index is 1.12. The first kappa shape index (κ1) is 24.5. The summed E-state index contributed by atoms with van der Waals surface area (Å²) in [5, 5.41) is 5.24. The second-order valence-corrected chi connectivity index (χ2v) is 9.90. The molecule has 7 nitrogen and oxygen atoms in total. The maximum Gasteiger partial charge on any atom is 0.173 e. The number of nitrogen functional groups attached to an aromatic ring is 1. The van der Waals surface area contributed by atoms with Crippen molar-refractivity contribution in [3.05, 3.63) is 60.9 Å². The second kappa shape index (κ2) is 11.2. The highest BCUT2D eigenvalue weighted by molar-refractivity contribution is 7.80. The summed E-state index contributed by atoms with van der Waals surface area (Å²) in [6.45, 7) is 5.59. The number of nitrogens with zero attached hydrogens (tertiary/aromatic N) is 4. The Bertz CT molecular complexity index is 1320. The first-order chi connectivity index (χ1) is 17.6. The molecule has 3 N–H and O–H groups in total. The first-order valence-corrected chi connectivity index (χ1v) is 13.2. The summed E-state index contributed by atoms with van der Waals surface area (Å²) < 4.78 is 8.43. The molecule has 1 unspecified atom stereocenters. The molecule has 36 heavy (non-hydrogen) atoms. The van der Waals surface area contributed by atoms with Gasteiger partial charge in [-0.25, -0.2) is 9.97 Å². The van der Waals surface area contributed by atoms with E-state index in [0.717, 1.165) is 78.1 Å². The molecule has 2 aromatic heterocycles. The van der Waals surface area contributed by atoms with Gasteiger partial charge in [-0.2, -0.15) is 0 Å². The van der Waals surface area contributed by atoms with E-state index in [1.54, 1.807) is 0 Å². The number of ether oxygens (including phenoxy) is 1. The van der Waals surface area contributed by atoms with Gasteiger partial charge in [-0.3, -0.25) is 0 Å². The third kappa shape index (κ3) is 5.29. The zero-order chi connectivity index (χ0) is 24.9. The van der Waals surface area contributed by atoms with Crippen LogP contribution in [0.4, 0.5) is 11.5 Å². The normalized spacial score (nSPS) is 15.4. The predicted octanol–water partition coefficient (Wildman–Crippen LogP) is 5.63. The van der Waals surface area contributed by atoms with Gasteiger partial charge < -0.3 is 25.3 Å². The number of benzene rings is 2. The fourth-order valence-electron chi connectivity index (χ4n) is 5.06. The number of likely N-dealkylation sites (tertiary alicyclic amines) is 1. The summed E-state index contributed by atoms with van der Waals surface area (Å²) in [6, 6.07) is 18.4. The van der Waals surface area contributed by atoms with Gasteiger partial charge in [0.25, 0.3) is 0 Å². The van der Waals surface area contributed by atoms with E-state index in [4.69, 9.17) is 22.7 Å². The summed E-state index contributed by atoms with van der Waals surface area (Å²) in [4.78, 5) is 11.4. The summed E-state index contributed by atoms with van der Waals surface area (Å²) in [5.41, 5.74) is 9.96. The van der Waals surface area contributed by atoms with E-state index in [2.05, 4.69) is 37.7 Å². The maximum atomic E-state index is 6.21. The number of nitrogens with two attached hydrogens (primary N) is 1. The number of thiocarbonyl (C=S) groups is 1. The van der Waals surface area contributed by atoms with E-state index in [0.29, 0.717) is 18.3 Å². The molecular formula is C28H34N6OS. The molecule has 8 heteroatoms. The molecule has 0 bridgehead atoms. The molecule has 1 atom stereocenters. The Hall–Kier alpha value is -3.23. The van der Waals surface area contributed by atoms with Crippen LogP contribution in [0.5, 0.6) is 0 Å². The highest BCUT2D eigenvalue weighted by Crippen LogP contribution is 2.30. The van der Waals surface area contributed by atoms with Crippen LogP contribution < -0.4 is 11.1 Å². The molecule has 3 heterocycles. The largest absolute Gasteiger partial charge is 0.382 e. The molecule has 5 rings (SSSR count). The Kier molecular flexibility index (Phi) is 7.63. The lowest BCUT2D eigenvalue weighted by atomic mass is 9.94. The molecule has 1 aliphatic heterocycles. The molecule has 0 aliphatic carbocycles. The number of hydrogen-bond donors (Lipinski definition) is 2. The molecule has 0 spiro atoms. The number of nitrogens with one attached hydrogen (secondary N) is 1. The molecule has 4 aromatic rings. The van der Waals surface area contributed by atoms with E-state index in [1.165, 1.54) is 0 Å². The maximum absolute atomic E-state index is 6.21. The van der Waals surface area contributed by atoms with E-state index < -0.39 is 0 Å². The zero-order valence-electron chi connectivity index (χ0n) is 20.8. The van der Waals surface area contributed by atoms with Crippen LogP contribution in [0.25, 0.3) is 21.9 Å². The van der Waals surface area contributed by atoms with Crippen LogP contribution in [0.2, 0.25) is 0 Å². The Morgan fingerprint density at radius 3 is 2.67 bits per heavy atom. The van der Waals surface area contributed by atoms with Crippen molar-refractivity contribution in [3.63, 3.8) is 0 Å². The van der Waals surface area contributed by atoms with Crippen molar-refractivity contribution in [2.75, 3.05) is 37.4 Å². The predicted molar refractivity (Wildman–Crippen MR) is 151 cm³/mol. The van der Waals surface area contributed by atoms with Crippen molar-refractivity contribution >= 4 is 50.8 Å². The van der Waals surface area contributed by atoms with Crippen LogP contribution in [0.3, 0.4) is 0 Å². The Morgan fingerprint density at radius 1 is 1.14 bits per heavy atom. The number of rotatable bonds is 8. The van der Waals surface area contributed by atoms with Crippen LogP contribution in [0.15, 0.2) is 60.9 Å². The molecule has 0 radical (unpaired) electrons. The Labute approximate surface area is 217 Å². The van der Waals surface area contributed by atoms with E-state index in [1.807, 2.05) is 54.9 Å². The van der Waals surface area contributed by atoms with Crippen molar-refractivity contribution in [2.45, 2.75) is 38.6 Å². The quantitative estimate of drug-likeness (QED) is 0.239. The van der Waals surface area contributed by atoms with Gasteiger partial charge in [-0.15, -0.1) is 0 Å². The highest BCUT2D eigenvalue weighted by Gasteiger charge is 2.22. The van der Waals surface area contributed by atoms with Gasteiger partial charge in [-0.1, -0.05) is 43.3 Å². The second-order valence-electron chi connectivity index (χ2n) is 9.52. The average Bonchev–Trinajstić information content (AvgIpc) is 3.36. The minimum Gasteiger partial charge on any atom is -0.382 e. The van der Waals surface area contributed by atoms with Crippen molar-refractivity contribution in [1.29, 1.82) is 0 Å². The van der Waals surface area contributed by atoms with Crippen molar-refractivity contribution < 1.29 is 4.74 Å². The number of aromatic nitrogens is 3. The molecule has 188 valence electrons. The van der Waals surface area contributed by atoms with Gasteiger partial charge >= 0.3 is 0 Å². The number of imidazole rings is 1. The number of para-hydroxylation sites is 2. The smallest absolute Gasteiger partial charge is 0.173 e. The minimum absolute atomic E-state index is 0.198. The van der Waals surface area contributed by atoms with Crippen molar-refractivity contribution in [1.82, 2.24) is 19.4 Å². The molecular weight excluding hydrogens is 468 g/mol. The van der Waals surface area contributed by atoms with Crippen molar-refractivity contribution in [3.8, 4) is 0 Å². The van der Waals surface area contributed by atoms with E-state index >= 15 is 0 Å². The van der Waals surface area contributed by atoms with E-state index in [-0.39, 0.29) is 6.04 Å². The fourth-order valence-corrected chi connectivity index (χ4v) is 5.36. The SMILES string of the molecule is CCC(COCCC1CCN(C(=S)Nc2ccccc2)CC1)n1cnc2c(N)nc3ccccc3c21. The lowest BCUT2D eigenvalue weighted by Gasteiger charge is -2.34. The number of hydrogen-bond acceptors (Lipinski definition) is 5. The molecule has 0 amide bonds. The Morgan fingerprint density at radius 2 is 1.89 bits per heavy atom. The van der Waals surface area contributed by atoms with Gasteiger partial charge in [0.05, 0.1) is 30.0 Å². The van der Waals surface area contributed by atoms with Crippen molar-refractivity contribution in [2.24, 2.45) is 5.92 Å². The third-order valence-corrected chi connectivity index (χ3v) is 7.57. The zero-order valence-corrected chi connectivity index (χ0v) is 21.6. The standard InChI is InChI=1S/C28H34N6OS/c1-2-22(34-19-30-25-26(34)23-10-6-7-11-24(23)32-27(25)29)18-35-17-14-20-12-15-33(16-13-20)28(36)31-21-8-4-3-5-9-21/h3-11,19-20,22H,2,12-18H2,1H3,(H2,29,32)(H,31,36). The number of piperidine rings is 1. The fraction of sp³-hybridized carbons (Fsp3) is 0.393. The van der Waals surface area contributed by atoms with Crippen LogP contribution in [0, 0.1) is 5.92 Å². The minimum atomic E-state index is 0.198. The van der Waals surface area contributed by atoms with Gasteiger partial charge in [0.2, 0.25) is 0 Å². The topological polar surface area (TPSA) is 81.2 Å². The highest BCUT2D eigenvalue weighted by atomic mass is 32.1. The third-order valence-electron chi connectivity index (χ3n) is 7.21. The van der Waals surface area contributed by atoms with Crippen LogP contribution in [-0.4, -0.2) is 50.9 Å². The van der Waals surface area contributed by atoms with Gasteiger partial charge in [-0.05, 0) is 62.0 Å². The number of fused-ring (bicyclic) bond motifs is 3. The summed E-state index contributed by atoms with van der Waals surface area (Å²) in [6.07, 6.45) is 6.19. The monoisotopic (exact) mass is 502 g/mol. The molecule has 2 aromatic carbocycles. The van der Waals surface area contributed by atoms with Gasteiger partial charge in [0, 0.05) is 30.8 Å². The van der Waals surface area contributed by atoms with Gasteiger partial charge in [0.15, 0.2) is 10.9 Å². The number of pyridine rings is 1. The first-order valence-electron chi connectivity index (χ1n) is 12.8. The average molecular weight is 503 g/mol. The molecule has 1 saturated heterocycles. The number of anilines is 2. The molecule has 1 fully saturated rings. The summed E-state index contributed by atoms with van der Waals surface area (Å²) >= 11 is 5.62. The van der Waals surface area contributed by atoms with Crippen LogP contribution >= 0.6 is 12.2 Å². The van der Waals surface area contributed by atoms with Crippen LogP contribution in [0.1, 0.15) is 38.6 Å². The molecule has 1 aliphatic rings. The van der Waals surface area contributed by atoms with Gasteiger partial charge in [0.1, 0.15) is 5.52 Å².